The molecular weight excluding hydrogens is 447 g/mol. The summed E-state index contributed by atoms with van der Waals surface area (Å²) in [6, 6.07) is 8.84. The van der Waals surface area contributed by atoms with E-state index in [1.165, 1.54) is 40.7 Å². The average molecular weight is 463 g/mol. The van der Waals surface area contributed by atoms with Gasteiger partial charge < -0.3 is 0 Å². The van der Waals surface area contributed by atoms with Gasteiger partial charge in [0.25, 0.3) is 10.0 Å². The Morgan fingerprint density at radius 2 is 1.50 bits per heavy atom. The molecule has 0 saturated carbocycles. The second-order valence-electron chi connectivity index (χ2n) is 5.81. The van der Waals surface area contributed by atoms with Crippen LogP contribution >= 0.6 is 15.9 Å². The molecule has 1 aliphatic heterocycles. The summed E-state index contributed by atoms with van der Waals surface area (Å²) in [6.45, 7) is 0.930. The highest BCUT2D eigenvalue weighted by molar-refractivity contribution is 9.10. The van der Waals surface area contributed by atoms with Gasteiger partial charge >= 0.3 is 0 Å². The van der Waals surface area contributed by atoms with Crippen molar-refractivity contribution in [2.75, 3.05) is 17.8 Å². The molecule has 1 aliphatic rings. The lowest BCUT2D eigenvalue weighted by Crippen LogP contribution is -2.27. The summed E-state index contributed by atoms with van der Waals surface area (Å²) in [4.78, 5) is -0.117. The van der Waals surface area contributed by atoms with Crippen molar-refractivity contribution in [2.24, 2.45) is 0 Å². The molecule has 140 valence electrons. The van der Waals surface area contributed by atoms with E-state index in [-0.39, 0.29) is 15.5 Å². The molecule has 0 aliphatic carbocycles. The molecular formula is C16H16BrFN2O4S2. The average Bonchev–Trinajstić information content (AvgIpc) is 3.13. The molecule has 0 bridgehead atoms. The SMILES string of the molecule is O=S(=O)(Nc1ccc(Br)cc1F)c1ccc(S(=O)(=O)N2CCCC2)cc1. The molecule has 26 heavy (non-hydrogen) atoms. The minimum absolute atomic E-state index is 0.0353. The van der Waals surface area contributed by atoms with Crippen LogP contribution in [0, 0.1) is 5.82 Å². The van der Waals surface area contributed by atoms with Crippen LogP contribution in [0.2, 0.25) is 0 Å². The van der Waals surface area contributed by atoms with Crippen molar-refractivity contribution in [3.8, 4) is 0 Å². The summed E-state index contributed by atoms with van der Waals surface area (Å²) in [5.74, 6) is -0.726. The Labute approximate surface area is 160 Å². The number of nitrogens with zero attached hydrogens (tertiary/aromatic N) is 1. The minimum atomic E-state index is -4.04. The highest BCUT2D eigenvalue weighted by atomic mass is 79.9. The fourth-order valence-corrected chi connectivity index (χ4v) is 5.56. The van der Waals surface area contributed by atoms with Crippen molar-refractivity contribution in [1.82, 2.24) is 4.31 Å². The van der Waals surface area contributed by atoms with E-state index in [1.54, 1.807) is 0 Å². The van der Waals surface area contributed by atoms with Crippen molar-refractivity contribution < 1.29 is 21.2 Å². The molecule has 2 aromatic carbocycles. The van der Waals surface area contributed by atoms with E-state index in [1.807, 2.05) is 0 Å². The molecule has 2 aromatic rings. The molecule has 10 heteroatoms. The van der Waals surface area contributed by atoms with E-state index in [0.29, 0.717) is 17.6 Å². The summed E-state index contributed by atoms with van der Waals surface area (Å²) in [7, 11) is -7.66. The maximum absolute atomic E-state index is 13.8. The van der Waals surface area contributed by atoms with Crippen LogP contribution in [0.5, 0.6) is 0 Å². The summed E-state index contributed by atoms with van der Waals surface area (Å²) in [5.41, 5.74) is -0.193. The van der Waals surface area contributed by atoms with Crippen molar-refractivity contribution in [3.05, 3.63) is 52.8 Å². The Morgan fingerprint density at radius 3 is 2.08 bits per heavy atom. The first-order valence-electron chi connectivity index (χ1n) is 7.78. The Morgan fingerprint density at radius 1 is 0.923 bits per heavy atom. The fraction of sp³-hybridized carbons (Fsp3) is 0.250. The molecule has 1 heterocycles. The molecule has 0 spiro atoms. The lowest BCUT2D eigenvalue weighted by molar-refractivity contribution is 0.477. The van der Waals surface area contributed by atoms with Gasteiger partial charge in [0.05, 0.1) is 15.5 Å². The Bertz CT molecular complexity index is 1020. The Balaban J connectivity index is 1.85. The quantitative estimate of drug-likeness (QED) is 0.739. The van der Waals surface area contributed by atoms with Crippen LogP contribution in [-0.2, 0) is 20.0 Å². The molecule has 3 rings (SSSR count). The van der Waals surface area contributed by atoms with Gasteiger partial charge in [0.15, 0.2) is 0 Å². The lowest BCUT2D eigenvalue weighted by Gasteiger charge is -2.16. The number of nitrogens with one attached hydrogen (secondary N) is 1. The van der Waals surface area contributed by atoms with Gasteiger partial charge in [-0.3, -0.25) is 4.72 Å². The smallest absolute Gasteiger partial charge is 0.261 e. The standard InChI is InChI=1S/C16H16BrFN2O4S2/c17-12-3-8-16(15(18)11-12)19-25(21,22)13-4-6-14(7-5-13)26(23,24)20-9-1-2-10-20/h3-8,11,19H,1-2,9-10H2. The fourth-order valence-electron chi connectivity index (χ4n) is 2.64. The van der Waals surface area contributed by atoms with E-state index in [4.69, 9.17) is 0 Å². The molecule has 1 saturated heterocycles. The van der Waals surface area contributed by atoms with Crippen LogP contribution in [0.1, 0.15) is 12.8 Å². The van der Waals surface area contributed by atoms with E-state index >= 15 is 0 Å². The second kappa shape index (κ2) is 7.26. The highest BCUT2D eigenvalue weighted by Crippen LogP contribution is 2.25. The van der Waals surface area contributed by atoms with E-state index in [2.05, 4.69) is 20.7 Å². The van der Waals surface area contributed by atoms with Crippen LogP contribution in [0.25, 0.3) is 0 Å². The van der Waals surface area contributed by atoms with Gasteiger partial charge in [-0.05, 0) is 55.3 Å². The van der Waals surface area contributed by atoms with E-state index < -0.39 is 25.9 Å². The topological polar surface area (TPSA) is 83.5 Å². The summed E-state index contributed by atoms with van der Waals surface area (Å²) >= 11 is 3.10. The van der Waals surface area contributed by atoms with Gasteiger partial charge in [-0.2, -0.15) is 4.31 Å². The van der Waals surface area contributed by atoms with E-state index in [9.17, 15) is 21.2 Å². The predicted molar refractivity (Wildman–Crippen MR) is 99.3 cm³/mol. The molecule has 0 aromatic heterocycles. The van der Waals surface area contributed by atoms with Crippen LogP contribution in [0.3, 0.4) is 0 Å². The van der Waals surface area contributed by atoms with Crippen LogP contribution in [-0.4, -0.2) is 34.2 Å². The van der Waals surface area contributed by atoms with Crippen molar-refractivity contribution in [2.45, 2.75) is 22.6 Å². The molecule has 1 fully saturated rings. The summed E-state index contributed by atoms with van der Waals surface area (Å²) < 4.78 is 67.6. The third-order valence-electron chi connectivity index (χ3n) is 4.01. The zero-order valence-corrected chi connectivity index (χ0v) is 16.7. The second-order valence-corrected chi connectivity index (χ2v) is 10.3. The third kappa shape index (κ3) is 3.93. The largest absolute Gasteiger partial charge is 0.277 e. The molecule has 0 atom stereocenters. The minimum Gasteiger partial charge on any atom is -0.277 e. The predicted octanol–water partition coefficient (Wildman–Crippen LogP) is 3.17. The third-order valence-corrected chi connectivity index (χ3v) is 7.80. The maximum Gasteiger partial charge on any atom is 0.261 e. The van der Waals surface area contributed by atoms with Crippen molar-refractivity contribution in [3.63, 3.8) is 0 Å². The highest BCUT2D eigenvalue weighted by Gasteiger charge is 2.27. The van der Waals surface area contributed by atoms with Crippen LogP contribution < -0.4 is 4.72 Å². The first-order chi connectivity index (χ1) is 12.2. The Hall–Kier alpha value is -1.49. The number of hydrogen-bond donors (Lipinski definition) is 1. The van der Waals surface area contributed by atoms with Gasteiger partial charge in [0, 0.05) is 17.6 Å². The number of rotatable bonds is 5. The molecule has 0 radical (unpaired) electrons. The lowest BCUT2D eigenvalue weighted by atomic mass is 10.3. The molecule has 1 N–H and O–H groups in total. The summed E-state index contributed by atoms with van der Waals surface area (Å²) in [5, 5.41) is 0. The number of anilines is 1. The van der Waals surface area contributed by atoms with Crippen molar-refractivity contribution in [1.29, 1.82) is 0 Å². The number of benzene rings is 2. The first-order valence-corrected chi connectivity index (χ1v) is 11.5. The monoisotopic (exact) mass is 462 g/mol. The number of hydrogen-bond acceptors (Lipinski definition) is 4. The molecule has 6 nitrogen and oxygen atoms in total. The normalized spacial score (nSPS) is 15.9. The number of halogens is 2. The van der Waals surface area contributed by atoms with E-state index in [0.717, 1.165) is 18.9 Å². The van der Waals surface area contributed by atoms with Gasteiger partial charge in [-0.1, -0.05) is 15.9 Å². The zero-order chi connectivity index (χ0) is 18.9. The Kier molecular flexibility index (Phi) is 5.38. The molecule has 0 amide bonds. The van der Waals surface area contributed by atoms with Gasteiger partial charge in [-0.25, -0.2) is 21.2 Å². The van der Waals surface area contributed by atoms with Gasteiger partial charge in [-0.15, -0.1) is 0 Å². The molecule has 0 unspecified atom stereocenters. The first kappa shape index (κ1) is 19.3. The number of sulfonamides is 2. The van der Waals surface area contributed by atoms with Gasteiger partial charge in [0.1, 0.15) is 5.82 Å². The maximum atomic E-state index is 13.8. The van der Waals surface area contributed by atoms with Gasteiger partial charge in [0.2, 0.25) is 10.0 Å². The van der Waals surface area contributed by atoms with Crippen LogP contribution in [0.4, 0.5) is 10.1 Å². The van der Waals surface area contributed by atoms with Crippen molar-refractivity contribution >= 4 is 41.7 Å². The van der Waals surface area contributed by atoms with Crippen LogP contribution in [0.15, 0.2) is 56.7 Å². The summed E-state index contributed by atoms with van der Waals surface area (Å²) in [6.07, 6.45) is 1.63. The zero-order valence-electron chi connectivity index (χ0n) is 13.5.